The Bertz CT molecular complexity index is 536. The van der Waals surface area contributed by atoms with Crippen LogP contribution in [0.1, 0.15) is 23.7 Å². The van der Waals surface area contributed by atoms with Crippen LogP contribution in [0.25, 0.3) is 0 Å². The van der Waals surface area contributed by atoms with Gasteiger partial charge >= 0.3 is 0 Å². The molecule has 1 aromatic carbocycles. The Morgan fingerprint density at radius 1 is 1.16 bits per heavy atom. The molecule has 0 saturated heterocycles. The summed E-state index contributed by atoms with van der Waals surface area (Å²) >= 11 is 1.69. The Balaban J connectivity index is 1.67. The van der Waals surface area contributed by atoms with Gasteiger partial charge in [0, 0.05) is 0 Å². The maximum atomic E-state index is 10.2. The summed E-state index contributed by atoms with van der Waals surface area (Å²) in [6.45, 7) is 1.16. The van der Waals surface area contributed by atoms with E-state index in [0.717, 1.165) is 29.9 Å². The molecule has 1 unspecified atom stereocenters. The highest BCUT2D eigenvalue weighted by Gasteiger charge is 2.15. The summed E-state index contributed by atoms with van der Waals surface area (Å²) in [6.07, 6.45) is 1.14. The minimum absolute atomic E-state index is 0.462. The van der Waals surface area contributed by atoms with Crippen LogP contribution in [0.4, 0.5) is 0 Å². The summed E-state index contributed by atoms with van der Waals surface area (Å²) in [6, 6.07) is 7.76. The van der Waals surface area contributed by atoms with Crippen LogP contribution in [0.15, 0.2) is 35.0 Å². The number of hydrogen-bond acceptors (Lipinski definition) is 4. The molecule has 19 heavy (non-hydrogen) atoms. The van der Waals surface area contributed by atoms with Gasteiger partial charge in [0.2, 0.25) is 0 Å². The van der Waals surface area contributed by atoms with Crippen LogP contribution in [0.5, 0.6) is 11.5 Å². The van der Waals surface area contributed by atoms with Gasteiger partial charge in [-0.2, -0.15) is 11.3 Å². The number of ether oxygens (including phenoxy) is 2. The van der Waals surface area contributed by atoms with Crippen LogP contribution in [-0.4, -0.2) is 18.3 Å². The van der Waals surface area contributed by atoms with Gasteiger partial charge in [-0.1, -0.05) is 6.07 Å². The number of aliphatic hydroxyl groups excluding tert-OH is 1. The van der Waals surface area contributed by atoms with E-state index in [9.17, 15) is 5.11 Å². The van der Waals surface area contributed by atoms with Crippen LogP contribution in [0.3, 0.4) is 0 Å². The van der Waals surface area contributed by atoms with Crippen molar-refractivity contribution in [2.45, 2.75) is 18.9 Å². The van der Waals surface area contributed by atoms with E-state index in [1.54, 1.807) is 11.3 Å². The second-order valence-electron chi connectivity index (χ2n) is 4.59. The van der Waals surface area contributed by atoms with Crippen molar-refractivity contribution in [2.24, 2.45) is 0 Å². The third kappa shape index (κ3) is 2.91. The van der Waals surface area contributed by atoms with E-state index in [4.69, 9.17) is 9.47 Å². The second-order valence-corrected chi connectivity index (χ2v) is 5.37. The Hall–Kier alpha value is -1.52. The van der Waals surface area contributed by atoms with Gasteiger partial charge in [0.1, 0.15) is 13.2 Å². The first-order valence-corrected chi connectivity index (χ1v) is 7.36. The van der Waals surface area contributed by atoms with Crippen molar-refractivity contribution in [1.29, 1.82) is 0 Å². The molecule has 1 aliphatic heterocycles. The zero-order valence-corrected chi connectivity index (χ0v) is 11.4. The number of aryl methyl sites for hydroxylation is 1. The summed E-state index contributed by atoms with van der Waals surface area (Å²) in [7, 11) is 0. The van der Waals surface area contributed by atoms with Crippen molar-refractivity contribution in [3.05, 3.63) is 46.2 Å². The lowest BCUT2D eigenvalue weighted by Crippen LogP contribution is -2.15. The fourth-order valence-electron chi connectivity index (χ4n) is 2.17. The number of aliphatic hydroxyl groups is 1. The number of benzene rings is 1. The third-order valence-electron chi connectivity index (χ3n) is 3.24. The van der Waals surface area contributed by atoms with Crippen LogP contribution in [0, 0.1) is 0 Å². The van der Waals surface area contributed by atoms with Crippen LogP contribution in [-0.2, 0) is 6.42 Å². The predicted octanol–water partition coefficient (Wildman–Crippen LogP) is 3.19. The molecule has 0 fully saturated rings. The van der Waals surface area contributed by atoms with Gasteiger partial charge in [-0.15, -0.1) is 0 Å². The number of rotatable bonds is 4. The Kier molecular flexibility index (Phi) is 3.71. The first-order valence-electron chi connectivity index (χ1n) is 6.41. The Morgan fingerprint density at radius 3 is 2.79 bits per heavy atom. The Labute approximate surface area is 116 Å². The standard InChI is InChI=1S/C15H16O3S/c16-13(3-1-11-5-8-19-10-11)12-2-4-14-15(9-12)18-7-6-17-14/h2,4-5,8-10,13,16H,1,3,6-7H2. The average Bonchev–Trinajstić information content (AvgIpc) is 2.97. The zero-order chi connectivity index (χ0) is 13.1. The first kappa shape index (κ1) is 12.5. The van der Waals surface area contributed by atoms with E-state index in [0.29, 0.717) is 13.2 Å². The molecular weight excluding hydrogens is 260 g/mol. The fraction of sp³-hybridized carbons (Fsp3) is 0.333. The molecule has 2 heterocycles. The van der Waals surface area contributed by atoms with Gasteiger partial charge in [-0.25, -0.2) is 0 Å². The van der Waals surface area contributed by atoms with Crippen molar-refractivity contribution >= 4 is 11.3 Å². The summed E-state index contributed by atoms with van der Waals surface area (Å²) in [5, 5.41) is 14.4. The normalized spacial score (nSPS) is 15.2. The molecular formula is C15H16O3S. The van der Waals surface area contributed by atoms with Gasteiger partial charge in [0.25, 0.3) is 0 Å². The molecule has 0 radical (unpaired) electrons. The monoisotopic (exact) mass is 276 g/mol. The molecule has 100 valence electrons. The molecule has 1 atom stereocenters. The molecule has 1 aromatic heterocycles. The molecule has 0 saturated carbocycles. The SMILES string of the molecule is OC(CCc1ccsc1)c1ccc2c(c1)OCCO2. The zero-order valence-electron chi connectivity index (χ0n) is 10.5. The highest BCUT2D eigenvalue weighted by molar-refractivity contribution is 7.07. The van der Waals surface area contributed by atoms with Crippen molar-refractivity contribution in [3.8, 4) is 11.5 Å². The van der Waals surface area contributed by atoms with Gasteiger partial charge in [0.15, 0.2) is 11.5 Å². The van der Waals surface area contributed by atoms with Crippen molar-refractivity contribution in [1.82, 2.24) is 0 Å². The molecule has 2 aromatic rings. The van der Waals surface area contributed by atoms with Crippen LogP contribution < -0.4 is 9.47 Å². The first-order chi connectivity index (χ1) is 9.33. The van der Waals surface area contributed by atoms with E-state index in [2.05, 4.69) is 16.8 Å². The van der Waals surface area contributed by atoms with E-state index in [-0.39, 0.29) is 0 Å². The van der Waals surface area contributed by atoms with E-state index >= 15 is 0 Å². The number of fused-ring (bicyclic) bond motifs is 1. The van der Waals surface area contributed by atoms with E-state index in [1.165, 1.54) is 5.56 Å². The summed E-state index contributed by atoms with van der Waals surface area (Å²) in [4.78, 5) is 0. The molecule has 1 aliphatic rings. The maximum Gasteiger partial charge on any atom is 0.161 e. The van der Waals surface area contributed by atoms with Gasteiger partial charge in [-0.3, -0.25) is 0 Å². The van der Waals surface area contributed by atoms with Gasteiger partial charge in [0.05, 0.1) is 6.10 Å². The summed E-state index contributed by atoms with van der Waals surface area (Å²) < 4.78 is 11.0. The lowest BCUT2D eigenvalue weighted by molar-refractivity contribution is 0.159. The molecule has 0 amide bonds. The van der Waals surface area contributed by atoms with E-state index < -0.39 is 6.10 Å². The molecule has 0 aliphatic carbocycles. The molecule has 3 rings (SSSR count). The van der Waals surface area contributed by atoms with Crippen LogP contribution >= 0.6 is 11.3 Å². The van der Waals surface area contributed by atoms with Gasteiger partial charge in [-0.05, 0) is 52.9 Å². The van der Waals surface area contributed by atoms with Crippen molar-refractivity contribution < 1.29 is 14.6 Å². The smallest absolute Gasteiger partial charge is 0.161 e. The van der Waals surface area contributed by atoms with Crippen LogP contribution in [0.2, 0.25) is 0 Å². The Morgan fingerprint density at radius 2 is 2.00 bits per heavy atom. The average molecular weight is 276 g/mol. The second kappa shape index (κ2) is 5.63. The lowest BCUT2D eigenvalue weighted by Gasteiger charge is -2.20. The molecule has 1 N–H and O–H groups in total. The molecule has 4 heteroatoms. The third-order valence-corrected chi connectivity index (χ3v) is 3.97. The van der Waals surface area contributed by atoms with Crippen molar-refractivity contribution in [3.63, 3.8) is 0 Å². The highest BCUT2D eigenvalue weighted by Crippen LogP contribution is 2.33. The molecule has 0 bridgehead atoms. The minimum Gasteiger partial charge on any atom is -0.486 e. The number of thiophene rings is 1. The lowest BCUT2D eigenvalue weighted by atomic mass is 10.0. The maximum absolute atomic E-state index is 10.2. The molecule has 3 nitrogen and oxygen atoms in total. The topological polar surface area (TPSA) is 38.7 Å². The minimum atomic E-state index is -0.462. The predicted molar refractivity (Wildman–Crippen MR) is 75.0 cm³/mol. The quantitative estimate of drug-likeness (QED) is 0.932. The van der Waals surface area contributed by atoms with Crippen molar-refractivity contribution in [2.75, 3.05) is 13.2 Å². The molecule has 0 spiro atoms. The number of hydrogen-bond donors (Lipinski definition) is 1. The highest BCUT2D eigenvalue weighted by atomic mass is 32.1. The largest absolute Gasteiger partial charge is 0.486 e. The summed E-state index contributed by atoms with van der Waals surface area (Å²) in [5.41, 5.74) is 2.17. The fourth-order valence-corrected chi connectivity index (χ4v) is 2.88. The van der Waals surface area contributed by atoms with E-state index in [1.807, 2.05) is 18.2 Å². The van der Waals surface area contributed by atoms with Gasteiger partial charge < -0.3 is 14.6 Å². The summed E-state index contributed by atoms with van der Waals surface area (Å²) in [5.74, 6) is 1.50.